The average Bonchev–Trinajstić information content (AvgIpc) is 2.54. The van der Waals surface area contributed by atoms with Crippen molar-refractivity contribution >= 4 is 23.2 Å². The van der Waals surface area contributed by atoms with E-state index in [2.05, 4.69) is 5.32 Å². The van der Waals surface area contributed by atoms with Crippen molar-refractivity contribution in [3.63, 3.8) is 0 Å². The van der Waals surface area contributed by atoms with E-state index in [1.807, 2.05) is 25.1 Å². The number of rotatable bonds is 6. The maximum absolute atomic E-state index is 12.1. The molecule has 24 heavy (non-hydrogen) atoms. The van der Waals surface area contributed by atoms with Gasteiger partial charge in [-0.3, -0.25) is 14.9 Å². The van der Waals surface area contributed by atoms with E-state index >= 15 is 0 Å². The summed E-state index contributed by atoms with van der Waals surface area (Å²) in [5, 5.41) is 13.4. The monoisotopic (exact) mass is 348 g/mol. The summed E-state index contributed by atoms with van der Waals surface area (Å²) in [6.45, 7) is 2.40. The van der Waals surface area contributed by atoms with Crippen molar-refractivity contribution in [3.05, 3.63) is 68.2 Å². The number of amides is 1. The van der Waals surface area contributed by atoms with Crippen LogP contribution in [0.1, 0.15) is 21.5 Å². The second-order valence-electron chi connectivity index (χ2n) is 5.24. The van der Waals surface area contributed by atoms with E-state index < -0.39 is 4.92 Å². The summed E-state index contributed by atoms with van der Waals surface area (Å²) in [4.78, 5) is 22.3. The fourth-order valence-electron chi connectivity index (χ4n) is 2.31. The van der Waals surface area contributed by atoms with Gasteiger partial charge >= 0.3 is 0 Å². The standard InChI is InChI=1S/C17H17ClN2O4/c1-11-3-6-16(24-2)12(9-11)7-8-19-17(21)13-4-5-15(20(22)23)14(18)10-13/h3-6,9-10H,7-8H2,1-2H3,(H,19,21). The summed E-state index contributed by atoms with van der Waals surface area (Å²) in [7, 11) is 1.60. The Morgan fingerprint density at radius 2 is 2.04 bits per heavy atom. The van der Waals surface area contributed by atoms with E-state index in [0.717, 1.165) is 16.9 Å². The first kappa shape index (κ1) is 17.7. The van der Waals surface area contributed by atoms with E-state index in [-0.39, 0.29) is 22.2 Å². The predicted octanol–water partition coefficient (Wildman–Crippen LogP) is 3.54. The van der Waals surface area contributed by atoms with E-state index in [1.165, 1.54) is 18.2 Å². The number of hydrogen-bond donors (Lipinski definition) is 1. The number of carbonyl (C=O) groups is 1. The molecule has 0 aromatic heterocycles. The van der Waals surface area contributed by atoms with Crippen LogP contribution in [-0.4, -0.2) is 24.5 Å². The van der Waals surface area contributed by atoms with Crippen LogP contribution in [0.15, 0.2) is 36.4 Å². The molecule has 0 saturated carbocycles. The van der Waals surface area contributed by atoms with Gasteiger partial charge in [0.05, 0.1) is 12.0 Å². The highest BCUT2D eigenvalue weighted by Gasteiger charge is 2.15. The lowest BCUT2D eigenvalue weighted by molar-refractivity contribution is -0.384. The lowest BCUT2D eigenvalue weighted by atomic mass is 10.1. The van der Waals surface area contributed by atoms with Crippen molar-refractivity contribution in [2.75, 3.05) is 13.7 Å². The molecule has 0 fully saturated rings. The van der Waals surface area contributed by atoms with E-state index in [9.17, 15) is 14.9 Å². The molecule has 0 aliphatic rings. The van der Waals surface area contributed by atoms with Gasteiger partial charge in [0.25, 0.3) is 11.6 Å². The molecule has 126 valence electrons. The molecule has 0 atom stereocenters. The van der Waals surface area contributed by atoms with Crippen LogP contribution in [-0.2, 0) is 6.42 Å². The minimum absolute atomic E-state index is 0.0620. The van der Waals surface area contributed by atoms with Crippen LogP contribution in [0.5, 0.6) is 5.75 Å². The molecule has 1 amide bonds. The van der Waals surface area contributed by atoms with Crippen LogP contribution < -0.4 is 10.1 Å². The number of ether oxygens (including phenoxy) is 1. The van der Waals surface area contributed by atoms with Crippen molar-refractivity contribution in [3.8, 4) is 5.75 Å². The van der Waals surface area contributed by atoms with Gasteiger partial charge in [-0.25, -0.2) is 0 Å². The average molecular weight is 349 g/mol. The minimum Gasteiger partial charge on any atom is -0.496 e. The normalized spacial score (nSPS) is 10.3. The quantitative estimate of drug-likeness (QED) is 0.639. The number of hydrogen-bond acceptors (Lipinski definition) is 4. The zero-order valence-electron chi connectivity index (χ0n) is 13.3. The van der Waals surface area contributed by atoms with Gasteiger partial charge < -0.3 is 10.1 Å². The fraction of sp³-hybridized carbons (Fsp3) is 0.235. The van der Waals surface area contributed by atoms with Gasteiger partial charge in [-0.05, 0) is 37.1 Å². The fourth-order valence-corrected chi connectivity index (χ4v) is 2.56. The maximum Gasteiger partial charge on any atom is 0.287 e. The van der Waals surface area contributed by atoms with Crippen LogP contribution in [0.25, 0.3) is 0 Å². The highest BCUT2D eigenvalue weighted by Crippen LogP contribution is 2.25. The van der Waals surface area contributed by atoms with Gasteiger partial charge in [0.15, 0.2) is 0 Å². The molecule has 0 aliphatic carbocycles. The topological polar surface area (TPSA) is 81.5 Å². The summed E-state index contributed by atoms with van der Waals surface area (Å²) < 4.78 is 5.30. The van der Waals surface area contributed by atoms with Crippen LogP contribution in [0, 0.1) is 17.0 Å². The van der Waals surface area contributed by atoms with Crippen LogP contribution in [0.4, 0.5) is 5.69 Å². The third kappa shape index (κ3) is 4.23. The molecule has 0 aliphatic heterocycles. The minimum atomic E-state index is -0.589. The Morgan fingerprint density at radius 3 is 2.67 bits per heavy atom. The molecule has 0 unspecified atom stereocenters. The molecule has 2 aromatic carbocycles. The van der Waals surface area contributed by atoms with Gasteiger partial charge in [0.1, 0.15) is 10.8 Å². The summed E-state index contributed by atoms with van der Waals surface area (Å²) in [6, 6.07) is 9.76. The number of nitro benzene ring substituents is 1. The van der Waals surface area contributed by atoms with E-state index in [0.29, 0.717) is 13.0 Å². The first-order valence-electron chi connectivity index (χ1n) is 7.28. The van der Waals surface area contributed by atoms with Crippen LogP contribution in [0.2, 0.25) is 5.02 Å². The van der Waals surface area contributed by atoms with Crippen molar-refractivity contribution in [1.82, 2.24) is 5.32 Å². The largest absolute Gasteiger partial charge is 0.496 e. The molecule has 0 saturated heterocycles. The first-order chi connectivity index (χ1) is 11.4. The first-order valence-corrected chi connectivity index (χ1v) is 7.66. The molecule has 2 rings (SSSR count). The van der Waals surface area contributed by atoms with Crippen molar-refractivity contribution in [1.29, 1.82) is 0 Å². The molecule has 0 heterocycles. The summed E-state index contributed by atoms with van der Waals surface area (Å²) >= 11 is 5.82. The molecular formula is C17H17ClN2O4. The molecular weight excluding hydrogens is 332 g/mol. The lowest BCUT2D eigenvalue weighted by Crippen LogP contribution is -2.25. The zero-order chi connectivity index (χ0) is 17.7. The highest BCUT2D eigenvalue weighted by atomic mass is 35.5. The Balaban J connectivity index is 2.00. The van der Waals surface area contributed by atoms with Gasteiger partial charge in [0.2, 0.25) is 0 Å². The Morgan fingerprint density at radius 1 is 1.29 bits per heavy atom. The smallest absolute Gasteiger partial charge is 0.287 e. The summed E-state index contributed by atoms with van der Waals surface area (Å²) in [5.41, 5.74) is 2.17. The predicted molar refractivity (Wildman–Crippen MR) is 91.9 cm³/mol. The molecule has 6 nitrogen and oxygen atoms in total. The number of carbonyl (C=O) groups excluding carboxylic acids is 1. The molecule has 0 spiro atoms. The van der Waals surface area contributed by atoms with Gasteiger partial charge in [-0.2, -0.15) is 0 Å². The van der Waals surface area contributed by atoms with Crippen molar-refractivity contribution in [2.24, 2.45) is 0 Å². The van der Waals surface area contributed by atoms with Crippen molar-refractivity contribution < 1.29 is 14.5 Å². The van der Waals surface area contributed by atoms with Gasteiger partial charge in [-0.15, -0.1) is 0 Å². The van der Waals surface area contributed by atoms with Gasteiger partial charge in [0, 0.05) is 18.2 Å². The Labute approximate surface area is 144 Å². The summed E-state index contributed by atoms with van der Waals surface area (Å²) in [6.07, 6.45) is 0.608. The SMILES string of the molecule is COc1ccc(C)cc1CCNC(=O)c1ccc([N+](=O)[O-])c(Cl)c1. The number of nitrogens with one attached hydrogen (secondary N) is 1. The number of halogens is 1. The summed E-state index contributed by atoms with van der Waals surface area (Å²) in [5.74, 6) is 0.437. The Hall–Kier alpha value is -2.60. The number of methoxy groups -OCH3 is 1. The zero-order valence-corrected chi connectivity index (χ0v) is 14.1. The van der Waals surface area contributed by atoms with Crippen LogP contribution >= 0.6 is 11.6 Å². The molecule has 2 aromatic rings. The van der Waals surface area contributed by atoms with Gasteiger partial charge in [-0.1, -0.05) is 29.3 Å². The number of nitro groups is 1. The Kier molecular flexibility index (Phi) is 5.76. The number of aryl methyl sites for hydroxylation is 1. The molecule has 0 bridgehead atoms. The second kappa shape index (κ2) is 7.79. The van der Waals surface area contributed by atoms with Crippen molar-refractivity contribution in [2.45, 2.75) is 13.3 Å². The van der Waals surface area contributed by atoms with E-state index in [1.54, 1.807) is 7.11 Å². The molecule has 7 heteroatoms. The third-order valence-electron chi connectivity index (χ3n) is 3.52. The maximum atomic E-state index is 12.1. The van der Waals surface area contributed by atoms with E-state index in [4.69, 9.17) is 16.3 Å². The number of benzene rings is 2. The number of nitrogens with zero attached hydrogens (tertiary/aromatic N) is 1. The molecule has 1 N–H and O–H groups in total. The second-order valence-corrected chi connectivity index (χ2v) is 5.65. The van der Waals surface area contributed by atoms with Crippen LogP contribution in [0.3, 0.4) is 0 Å². The Bertz CT molecular complexity index is 777. The third-order valence-corrected chi connectivity index (χ3v) is 3.83. The molecule has 0 radical (unpaired) electrons. The lowest BCUT2D eigenvalue weighted by Gasteiger charge is -2.10. The highest BCUT2D eigenvalue weighted by molar-refractivity contribution is 6.33.